The summed E-state index contributed by atoms with van der Waals surface area (Å²) < 4.78 is 78.3. The zero-order chi connectivity index (χ0) is 14.1. The molecule has 3 nitrogen and oxygen atoms in total. The number of ether oxygens (including phenoxy) is 1. The van der Waals surface area contributed by atoms with Gasteiger partial charge >= 0.3 is 18.3 Å². The Morgan fingerprint density at radius 2 is 1.78 bits per heavy atom. The molecule has 0 aliphatic carbocycles. The molecule has 0 fully saturated rings. The molecule has 102 valence electrons. The normalized spacial score (nSPS) is 12.6. The molecule has 1 aromatic rings. The molecule has 0 N–H and O–H groups in total. The van der Waals surface area contributed by atoms with Gasteiger partial charge in [0.25, 0.3) is 0 Å². The lowest BCUT2D eigenvalue weighted by atomic mass is 10.3. The van der Waals surface area contributed by atoms with Gasteiger partial charge in [0.05, 0.1) is 6.61 Å². The van der Waals surface area contributed by atoms with Crippen molar-refractivity contribution in [3.05, 3.63) is 15.6 Å². The number of carbonyl (C=O) groups is 1. The first-order chi connectivity index (χ1) is 8.07. The largest absolute Gasteiger partial charge is 0.462 e. The fourth-order valence-electron chi connectivity index (χ4n) is 0.969. The maximum atomic E-state index is 12.4. The molecule has 1 rings (SSSR count). The molecular formula is C8H5F6NO2S. The number of alkyl halides is 6. The third-order valence-electron chi connectivity index (χ3n) is 1.60. The van der Waals surface area contributed by atoms with Crippen molar-refractivity contribution in [2.45, 2.75) is 19.3 Å². The highest BCUT2D eigenvalue weighted by molar-refractivity contribution is 7.13. The van der Waals surface area contributed by atoms with Crippen molar-refractivity contribution in [2.24, 2.45) is 0 Å². The van der Waals surface area contributed by atoms with Crippen LogP contribution in [0.25, 0.3) is 0 Å². The van der Waals surface area contributed by atoms with Gasteiger partial charge in [0, 0.05) is 0 Å². The molecule has 10 heteroatoms. The van der Waals surface area contributed by atoms with Crippen LogP contribution >= 0.6 is 11.3 Å². The Morgan fingerprint density at radius 3 is 2.17 bits per heavy atom. The van der Waals surface area contributed by atoms with Crippen molar-refractivity contribution >= 4 is 17.3 Å². The number of halogens is 6. The highest BCUT2D eigenvalue weighted by Crippen LogP contribution is 2.40. The number of nitrogens with zero attached hydrogens (tertiary/aromatic N) is 1. The summed E-state index contributed by atoms with van der Waals surface area (Å²) in [5, 5.41) is -1.74. The zero-order valence-electron chi connectivity index (χ0n) is 8.65. The van der Waals surface area contributed by atoms with Gasteiger partial charge in [-0.15, -0.1) is 11.3 Å². The Labute approximate surface area is 100 Å². The molecule has 0 saturated heterocycles. The van der Waals surface area contributed by atoms with Gasteiger partial charge in [-0.1, -0.05) is 0 Å². The van der Waals surface area contributed by atoms with Gasteiger partial charge in [-0.25, -0.2) is 9.78 Å². The van der Waals surface area contributed by atoms with E-state index in [2.05, 4.69) is 9.72 Å². The molecule has 18 heavy (non-hydrogen) atoms. The monoisotopic (exact) mass is 293 g/mol. The molecule has 0 bridgehead atoms. The van der Waals surface area contributed by atoms with Crippen LogP contribution in [0.15, 0.2) is 0 Å². The average Bonchev–Trinajstić information content (AvgIpc) is 2.60. The summed E-state index contributed by atoms with van der Waals surface area (Å²) in [5.41, 5.74) is -1.88. The smallest absolute Gasteiger partial charge is 0.443 e. The quantitative estimate of drug-likeness (QED) is 0.620. The minimum atomic E-state index is -5.15. The van der Waals surface area contributed by atoms with E-state index in [1.165, 1.54) is 6.92 Å². The van der Waals surface area contributed by atoms with Gasteiger partial charge in [0.1, 0.15) is 4.88 Å². The van der Waals surface area contributed by atoms with Crippen LogP contribution in [0, 0.1) is 0 Å². The van der Waals surface area contributed by atoms with Crippen LogP contribution in [0.5, 0.6) is 0 Å². The van der Waals surface area contributed by atoms with E-state index in [-0.39, 0.29) is 17.9 Å². The number of thiazole rings is 1. The van der Waals surface area contributed by atoms with Gasteiger partial charge < -0.3 is 4.74 Å². The third kappa shape index (κ3) is 3.12. The second-order valence-corrected chi connectivity index (χ2v) is 3.91. The summed E-state index contributed by atoms with van der Waals surface area (Å²) >= 11 is -0.389. The van der Waals surface area contributed by atoms with Gasteiger partial charge in [0.2, 0.25) is 0 Å². The molecule has 0 radical (unpaired) electrons. The summed E-state index contributed by atoms with van der Waals surface area (Å²) in [7, 11) is 0. The van der Waals surface area contributed by atoms with Gasteiger partial charge in [-0.2, -0.15) is 26.3 Å². The van der Waals surface area contributed by atoms with Gasteiger partial charge in [-0.05, 0) is 6.92 Å². The van der Waals surface area contributed by atoms with Crippen LogP contribution in [0.1, 0.15) is 27.3 Å². The Bertz CT molecular complexity index is 449. The Kier molecular flexibility index (Phi) is 3.89. The number of rotatable bonds is 2. The third-order valence-corrected chi connectivity index (χ3v) is 2.68. The molecule has 0 aromatic carbocycles. The maximum absolute atomic E-state index is 12.4. The predicted octanol–water partition coefficient (Wildman–Crippen LogP) is 3.36. The summed E-state index contributed by atoms with van der Waals surface area (Å²) in [6.45, 7) is 1.06. The van der Waals surface area contributed by atoms with Crippen LogP contribution in [0.3, 0.4) is 0 Å². The molecule has 0 aliphatic heterocycles. The predicted molar refractivity (Wildman–Crippen MR) is 48.1 cm³/mol. The van der Waals surface area contributed by atoms with Crippen LogP contribution in [0.4, 0.5) is 26.3 Å². The van der Waals surface area contributed by atoms with E-state index >= 15 is 0 Å². The summed E-state index contributed by atoms with van der Waals surface area (Å²) in [6.07, 6.45) is -10.2. The van der Waals surface area contributed by atoms with Crippen LogP contribution in [-0.4, -0.2) is 17.6 Å². The number of carbonyl (C=O) groups excluding carboxylic acids is 1. The van der Waals surface area contributed by atoms with E-state index in [4.69, 9.17) is 0 Å². The number of aromatic nitrogens is 1. The van der Waals surface area contributed by atoms with E-state index in [0.29, 0.717) is 0 Å². The van der Waals surface area contributed by atoms with Gasteiger partial charge in [0.15, 0.2) is 10.7 Å². The second kappa shape index (κ2) is 4.75. The van der Waals surface area contributed by atoms with Crippen molar-refractivity contribution in [3.63, 3.8) is 0 Å². The van der Waals surface area contributed by atoms with Gasteiger partial charge in [-0.3, -0.25) is 0 Å². The van der Waals surface area contributed by atoms with Crippen LogP contribution < -0.4 is 0 Å². The Morgan fingerprint density at radius 1 is 1.22 bits per heavy atom. The lowest BCUT2D eigenvalue weighted by molar-refractivity contribution is -0.147. The average molecular weight is 293 g/mol. The summed E-state index contributed by atoms with van der Waals surface area (Å²) in [6, 6.07) is 0. The van der Waals surface area contributed by atoms with E-state index in [1.807, 2.05) is 0 Å². The molecule has 0 amide bonds. The van der Waals surface area contributed by atoms with Crippen molar-refractivity contribution in [1.29, 1.82) is 0 Å². The number of hydrogen-bond acceptors (Lipinski definition) is 4. The molecular weight excluding hydrogens is 288 g/mol. The minimum Gasteiger partial charge on any atom is -0.462 e. The highest BCUT2D eigenvalue weighted by Gasteiger charge is 2.45. The first-order valence-corrected chi connectivity index (χ1v) is 5.21. The van der Waals surface area contributed by atoms with Crippen molar-refractivity contribution in [1.82, 2.24) is 4.98 Å². The topological polar surface area (TPSA) is 39.2 Å². The van der Waals surface area contributed by atoms with Crippen LogP contribution in [0.2, 0.25) is 0 Å². The second-order valence-electron chi connectivity index (χ2n) is 2.91. The van der Waals surface area contributed by atoms with E-state index < -0.39 is 33.9 Å². The van der Waals surface area contributed by atoms with E-state index in [0.717, 1.165) is 0 Å². The SMILES string of the molecule is CCOC(=O)c1sc(C(F)(F)F)nc1C(F)(F)F. The molecule has 0 atom stereocenters. The van der Waals surface area contributed by atoms with E-state index in [1.54, 1.807) is 0 Å². The molecule has 0 aliphatic rings. The zero-order valence-corrected chi connectivity index (χ0v) is 9.46. The van der Waals surface area contributed by atoms with E-state index in [9.17, 15) is 31.1 Å². The Balaban J connectivity index is 3.31. The summed E-state index contributed by atoms with van der Waals surface area (Å²) in [4.78, 5) is 12.4. The minimum absolute atomic E-state index is 0.255. The number of hydrogen-bond donors (Lipinski definition) is 0. The molecule has 0 unspecified atom stereocenters. The molecule has 0 spiro atoms. The molecule has 1 heterocycles. The molecule has 1 aromatic heterocycles. The fraction of sp³-hybridized carbons (Fsp3) is 0.500. The first kappa shape index (κ1) is 14.7. The van der Waals surface area contributed by atoms with Crippen molar-refractivity contribution in [2.75, 3.05) is 6.61 Å². The Hall–Kier alpha value is -1.32. The van der Waals surface area contributed by atoms with Crippen LogP contribution in [-0.2, 0) is 17.1 Å². The number of esters is 1. The summed E-state index contributed by atoms with van der Waals surface area (Å²) in [5.74, 6) is -1.47. The van der Waals surface area contributed by atoms with Crippen molar-refractivity contribution in [3.8, 4) is 0 Å². The highest BCUT2D eigenvalue weighted by atomic mass is 32.1. The maximum Gasteiger partial charge on any atom is 0.443 e. The standard InChI is InChI=1S/C8H5F6NO2S/c1-2-17-5(16)3-4(7(9,10)11)15-6(18-3)8(12,13)14/h2H2,1H3. The fourth-order valence-corrected chi connectivity index (χ4v) is 1.81. The van der Waals surface area contributed by atoms with Crippen molar-refractivity contribution < 1.29 is 35.9 Å². The lowest BCUT2D eigenvalue weighted by Crippen LogP contribution is -2.14. The molecule has 0 saturated carbocycles. The first-order valence-electron chi connectivity index (χ1n) is 4.39. The lowest BCUT2D eigenvalue weighted by Gasteiger charge is -2.05.